The minimum absolute atomic E-state index is 0.593. The van der Waals surface area contributed by atoms with Crippen LogP contribution in [0, 0.1) is 0 Å². The van der Waals surface area contributed by atoms with Gasteiger partial charge in [0.2, 0.25) is 0 Å². The van der Waals surface area contributed by atoms with E-state index in [2.05, 4.69) is 133 Å². The second kappa shape index (κ2) is 11.7. The third-order valence-electron chi connectivity index (χ3n) is 9.38. The van der Waals surface area contributed by atoms with Crippen LogP contribution >= 0.6 is 11.8 Å². The predicted octanol–water partition coefficient (Wildman–Crippen LogP) is 12.3. The highest BCUT2D eigenvalue weighted by Crippen LogP contribution is 2.48. The molecule has 0 radical (unpaired) electrons. The van der Waals surface area contributed by atoms with Gasteiger partial charge in [-0.05, 0) is 79.8 Å². The Hall–Kier alpha value is -6.30. The van der Waals surface area contributed by atoms with E-state index < -0.39 is 0 Å². The number of rotatable bonds is 4. The molecule has 4 nitrogen and oxygen atoms in total. The van der Waals surface area contributed by atoms with E-state index in [9.17, 15) is 0 Å². The molecule has 234 valence electrons. The third kappa shape index (κ3) is 4.90. The number of nitrogens with zero attached hydrogens (tertiary/aromatic N) is 3. The summed E-state index contributed by atoms with van der Waals surface area (Å²) in [5.74, 6) is 3.48. The summed E-state index contributed by atoms with van der Waals surface area (Å²) in [6, 6.07) is 57.0. The summed E-state index contributed by atoms with van der Waals surface area (Å²) in [5, 5.41) is 7.30. The normalized spacial score (nSPS) is 12.1. The van der Waals surface area contributed by atoms with Crippen molar-refractivity contribution in [3.63, 3.8) is 0 Å². The zero-order chi connectivity index (χ0) is 33.0. The fraction of sp³-hybridized carbons (Fsp3) is 0. The molecule has 0 unspecified atom stereocenters. The zero-order valence-electron chi connectivity index (χ0n) is 26.7. The highest BCUT2D eigenvalue weighted by molar-refractivity contribution is 7.99. The average molecular weight is 658 g/mol. The molecule has 2 heterocycles. The molecule has 10 rings (SSSR count). The van der Waals surface area contributed by atoms with Crippen LogP contribution in [0.4, 0.5) is 0 Å². The number of hydrogen-bond donors (Lipinski definition) is 0. The van der Waals surface area contributed by atoms with Crippen LogP contribution in [-0.2, 0) is 0 Å². The SMILES string of the molecule is c1ccc(-c2ccc(-c3nc(-c4ccc5c(c4)Oc4ccccc4S5)nc(-c4ccc5c6ccccc6c6ccccc6c5c4)n3)cc2)cc1. The van der Waals surface area contributed by atoms with Crippen LogP contribution in [-0.4, -0.2) is 15.0 Å². The molecule has 9 aromatic rings. The summed E-state index contributed by atoms with van der Waals surface area (Å²) in [6.45, 7) is 0. The topological polar surface area (TPSA) is 47.9 Å². The number of para-hydroxylation sites is 1. The van der Waals surface area contributed by atoms with Crippen molar-refractivity contribution >= 4 is 44.1 Å². The van der Waals surface area contributed by atoms with E-state index in [1.165, 1.54) is 37.9 Å². The van der Waals surface area contributed by atoms with E-state index in [0.717, 1.165) is 43.5 Å². The van der Waals surface area contributed by atoms with Crippen molar-refractivity contribution in [3.8, 4) is 56.8 Å². The van der Waals surface area contributed by atoms with Gasteiger partial charge in [-0.2, -0.15) is 0 Å². The van der Waals surface area contributed by atoms with Crippen molar-refractivity contribution in [1.29, 1.82) is 0 Å². The quantitative estimate of drug-likeness (QED) is 0.176. The van der Waals surface area contributed by atoms with Gasteiger partial charge in [-0.3, -0.25) is 0 Å². The van der Waals surface area contributed by atoms with Gasteiger partial charge in [-0.1, -0.05) is 139 Å². The number of hydrogen-bond acceptors (Lipinski definition) is 5. The molecule has 0 saturated carbocycles. The molecule has 0 fully saturated rings. The third-order valence-corrected chi connectivity index (χ3v) is 10.5. The molecule has 1 aromatic heterocycles. The summed E-state index contributed by atoms with van der Waals surface area (Å²) in [5.41, 5.74) is 5.03. The molecule has 8 aromatic carbocycles. The first-order chi connectivity index (χ1) is 24.7. The Labute approximate surface area is 293 Å². The molecule has 0 aliphatic carbocycles. The predicted molar refractivity (Wildman–Crippen MR) is 205 cm³/mol. The van der Waals surface area contributed by atoms with Crippen LogP contribution in [0.3, 0.4) is 0 Å². The maximum absolute atomic E-state index is 6.36. The molecule has 0 N–H and O–H groups in total. The molecule has 0 atom stereocenters. The first kappa shape index (κ1) is 28.7. The van der Waals surface area contributed by atoms with E-state index in [0.29, 0.717) is 17.5 Å². The number of aromatic nitrogens is 3. The van der Waals surface area contributed by atoms with Gasteiger partial charge in [0.15, 0.2) is 17.5 Å². The highest BCUT2D eigenvalue weighted by atomic mass is 32.2. The second-order valence-corrected chi connectivity index (χ2v) is 13.5. The lowest BCUT2D eigenvalue weighted by Crippen LogP contribution is -2.01. The van der Waals surface area contributed by atoms with Crippen molar-refractivity contribution < 1.29 is 4.74 Å². The maximum Gasteiger partial charge on any atom is 0.164 e. The van der Waals surface area contributed by atoms with Crippen LogP contribution < -0.4 is 4.74 Å². The number of fused-ring (bicyclic) bond motifs is 8. The standard InChI is InChI=1S/C45H27N3OS/c1-2-10-28(11-3-1)29-18-20-30(21-19-29)43-46-44(48-45(47-43)32-23-25-42-40(27-32)49-39-16-8-9-17-41(39)50-42)31-22-24-37-35-14-5-4-12-33(35)34-13-6-7-15-36(34)38(37)26-31/h1-27H. The van der Waals surface area contributed by atoms with Gasteiger partial charge in [-0.15, -0.1) is 0 Å². The smallest absolute Gasteiger partial charge is 0.164 e. The number of benzene rings is 8. The van der Waals surface area contributed by atoms with Gasteiger partial charge in [0.1, 0.15) is 11.5 Å². The molecular formula is C45H27N3OS. The molecule has 50 heavy (non-hydrogen) atoms. The molecule has 1 aliphatic heterocycles. The fourth-order valence-corrected chi connectivity index (χ4v) is 7.85. The summed E-state index contributed by atoms with van der Waals surface area (Å²) in [7, 11) is 0. The van der Waals surface area contributed by atoms with Gasteiger partial charge in [0, 0.05) is 16.7 Å². The minimum atomic E-state index is 0.593. The van der Waals surface area contributed by atoms with Gasteiger partial charge in [-0.25, -0.2) is 15.0 Å². The molecule has 0 spiro atoms. The first-order valence-electron chi connectivity index (χ1n) is 16.6. The van der Waals surface area contributed by atoms with Crippen molar-refractivity contribution in [3.05, 3.63) is 164 Å². The molecule has 5 heteroatoms. The number of ether oxygens (including phenoxy) is 1. The van der Waals surface area contributed by atoms with Gasteiger partial charge in [0.05, 0.1) is 9.79 Å². The Morgan fingerprint density at radius 3 is 1.48 bits per heavy atom. The Kier molecular flexibility index (Phi) is 6.71. The fourth-order valence-electron chi connectivity index (χ4n) is 6.92. The van der Waals surface area contributed by atoms with Gasteiger partial charge >= 0.3 is 0 Å². The van der Waals surface area contributed by atoms with E-state index in [-0.39, 0.29) is 0 Å². The van der Waals surface area contributed by atoms with Crippen LogP contribution in [0.25, 0.3) is 77.6 Å². The molecular weight excluding hydrogens is 631 g/mol. The lowest BCUT2D eigenvalue weighted by atomic mass is 9.93. The monoisotopic (exact) mass is 657 g/mol. The molecule has 1 aliphatic rings. The summed E-state index contributed by atoms with van der Waals surface area (Å²) < 4.78 is 6.36. The van der Waals surface area contributed by atoms with Crippen molar-refractivity contribution in [2.75, 3.05) is 0 Å². The summed E-state index contributed by atoms with van der Waals surface area (Å²) >= 11 is 1.71. The van der Waals surface area contributed by atoms with Crippen LogP contribution in [0.15, 0.2) is 174 Å². The van der Waals surface area contributed by atoms with E-state index in [1.54, 1.807) is 11.8 Å². The van der Waals surface area contributed by atoms with E-state index in [1.807, 2.05) is 30.3 Å². The van der Waals surface area contributed by atoms with Crippen LogP contribution in [0.5, 0.6) is 11.5 Å². The Morgan fingerprint density at radius 2 is 0.780 bits per heavy atom. The van der Waals surface area contributed by atoms with Crippen LogP contribution in [0.2, 0.25) is 0 Å². The van der Waals surface area contributed by atoms with Gasteiger partial charge < -0.3 is 4.74 Å². The minimum Gasteiger partial charge on any atom is -0.455 e. The van der Waals surface area contributed by atoms with Gasteiger partial charge in [0.25, 0.3) is 0 Å². The maximum atomic E-state index is 6.36. The Bertz CT molecular complexity index is 2730. The summed E-state index contributed by atoms with van der Waals surface area (Å²) in [6.07, 6.45) is 0. The Morgan fingerprint density at radius 1 is 0.320 bits per heavy atom. The zero-order valence-corrected chi connectivity index (χ0v) is 27.6. The summed E-state index contributed by atoms with van der Waals surface area (Å²) in [4.78, 5) is 17.5. The van der Waals surface area contributed by atoms with E-state index in [4.69, 9.17) is 19.7 Å². The lowest BCUT2D eigenvalue weighted by molar-refractivity contribution is 0.455. The van der Waals surface area contributed by atoms with E-state index >= 15 is 0 Å². The second-order valence-electron chi connectivity index (χ2n) is 12.4. The first-order valence-corrected chi connectivity index (χ1v) is 17.4. The largest absolute Gasteiger partial charge is 0.455 e. The van der Waals surface area contributed by atoms with Crippen molar-refractivity contribution in [2.24, 2.45) is 0 Å². The molecule has 0 saturated heterocycles. The van der Waals surface area contributed by atoms with Crippen molar-refractivity contribution in [2.45, 2.75) is 9.79 Å². The average Bonchev–Trinajstić information content (AvgIpc) is 3.20. The molecule has 0 amide bonds. The molecule has 0 bridgehead atoms. The van der Waals surface area contributed by atoms with Crippen LogP contribution in [0.1, 0.15) is 0 Å². The Balaban J connectivity index is 1.14. The lowest BCUT2D eigenvalue weighted by Gasteiger charge is -2.20. The highest BCUT2D eigenvalue weighted by Gasteiger charge is 2.20. The van der Waals surface area contributed by atoms with Crippen molar-refractivity contribution in [1.82, 2.24) is 15.0 Å².